The molecule has 0 bridgehead atoms. The van der Waals surface area contributed by atoms with Gasteiger partial charge in [-0.3, -0.25) is 0 Å². The SMILES string of the molecule is CC(C)CNC(N)=NCc1ccc2c(c1)OCO2. The van der Waals surface area contributed by atoms with Crippen LogP contribution in [0, 0.1) is 5.92 Å². The fraction of sp³-hybridized carbons (Fsp3) is 0.462. The highest BCUT2D eigenvalue weighted by atomic mass is 16.7. The molecule has 0 atom stereocenters. The molecule has 0 amide bonds. The Kier molecular flexibility index (Phi) is 3.92. The van der Waals surface area contributed by atoms with Crippen molar-refractivity contribution in [3.8, 4) is 11.5 Å². The number of nitrogens with zero attached hydrogens (tertiary/aromatic N) is 1. The second kappa shape index (κ2) is 5.62. The van der Waals surface area contributed by atoms with Crippen LogP contribution in [0.1, 0.15) is 19.4 Å². The van der Waals surface area contributed by atoms with E-state index in [4.69, 9.17) is 15.2 Å². The fourth-order valence-electron chi connectivity index (χ4n) is 1.58. The molecular formula is C13H19N3O2. The van der Waals surface area contributed by atoms with Crippen LogP contribution in [0.15, 0.2) is 23.2 Å². The summed E-state index contributed by atoms with van der Waals surface area (Å²) in [5, 5.41) is 3.08. The number of fused-ring (bicyclic) bond motifs is 1. The Balaban J connectivity index is 1.91. The number of rotatable bonds is 4. The first-order valence-corrected chi connectivity index (χ1v) is 6.07. The third-order valence-corrected chi connectivity index (χ3v) is 2.56. The summed E-state index contributed by atoms with van der Waals surface area (Å²) < 4.78 is 10.6. The average molecular weight is 249 g/mol. The lowest BCUT2D eigenvalue weighted by atomic mass is 10.2. The fourth-order valence-corrected chi connectivity index (χ4v) is 1.58. The van der Waals surface area contributed by atoms with Crippen molar-refractivity contribution >= 4 is 5.96 Å². The van der Waals surface area contributed by atoms with Gasteiger partial charge in [0.05, 0.1) is 6.54 Å². The molecule has 1 aromatic carbocycles. The van der Waals surface area contributed by atoms with Crippen molar-refractivity contribution in [2.24, 2.45) is 16.6 Å². The first-order chi connectivity index (χ1) is 8.65. The van der Waals surface area contributed by atoms with Gasteiger partial charge in [0.1, 0.15) is 0 Å². The van der Waals surface area contributed by atoms with Crippen molar-refractivity contribution < 1.29 is 9.47 Å². The van der Waals surface area contributed by atoms with Crippen molar-refractivity contribution in [2.45, 2.75) is 20.4 Å². The number of benzene rings is 1. The Hall–Kier alpha value is -1.91. The molecule has 0 saturated carbocycles. The quantitative estimate of drug-likeness (QED) is 0.626. The largest absolute Gasteiger partial charge is 0.454 e. The van der Waals surface area contributed by atoms with Crippen LogP contribution >= 0.6 is 0 Å². The van der Waals surface area contributed by atoms with Gasteiger partial charge in [-0.05, 0) is 23.6 Å². The average Bonchev–Trinajstić information content (AvgIpc) is 2.81. The molecule has 5 heteroatoms. The summed E-state index contributed by atoms with van der Waals surface area (Å²) in [7, 11) is 0. The zero-order valence-electron chi connectivity index (χ0n) is 10.8. The second-order valence-corrected chi connectivity index (χ2v) is 4.66. The molecule has 0 saturated heterocycles. The van der Waals surface area contributed by atoms with E-state index in [0.29, 0.717) is 25.2 Å². The molecular weight excluding hydrogens is 230 g/mol. The van der Waals surface area contributed by atoms with Crippen molar-refractivity contribution in [3.63, 3.8) is 0 Å². The van der Waals surface area contributed by atoms with Gasteiger partial charge in [0.15, 0.2) is 17.5 Å². The second-order valence-electron chi connectivity index (χ2n) is 4.66. The highest BCUT2D eigenvalue weighted by molar-refractivity contribution is 5.77. The topological polar surface area (TPSA) is 68.9 Å². The minimum atomic E-state index is 0.292. The van der Waals surface area contributed by atoms with Crippen LogP contribution in [-0.2, 0) is 6.54 Å². The lowest BCUT2D eigenvalue weighted by Crippen LogP contribution is -2.34. The molecule has 1 aliphatic rings. The van der Waals surface area contributed by atoms with Crippen LogP contribution in [0.5, 0.6) is 11.5 Å². The van der Waals surface area contributed by atoms with Gasteiger partial charge < -0.3 is 20.5 Å². The van der Waals surface area contributed by atoms with E-state index in [1.54, 1.807) is 0 Å². The maximum absolute atomic E-state index is 5.77. The van der Waals surface area contributed by atoms with Crippen molar-refractivity contribution in [3.05, 3.63) is 23.8 Å². The van der Waals surface area contributed by atoms with Gasteiger partial charge in [-0.15, -0.1) is 0 Å². The molecule has 0 spiro atoms. The molecule has 0 aliphatic carbocycles. The van der Waals surface area contributed by atoms with Crippen LogP contribution < -0.4 is 20.5 Å². The molecule has 1 aliphatic heterocycles. The van der Waals surface area contributed by atoms with Gasteiger partial charge in [0.25, 0.3) is 0 Å². The van der Waals surface area contributed by atoms with Gasteiger partial charge in [-0.25, -0.2) is 4.99 Å². The van der Waals surface area contributed by atoms with E-state index in [1.807, 2.05) is 18.2 Å². The molecule has 98 valence electrons. The Morgan fingerprint density at radius 2 is 2.17 bits per heavy atom. The van der Waals surface area contributed by atoms with Gasteiger partial charge in [0.2, 0.25) is 6.79 Å². The third-order valence-electron chi connectivity index (χ3n) is 2.56. The van der Waals surface area contributed by atoms with Gasteiger partial charge in [-0.1, -0.05) is 19.9 Å². The maximum atomic E-state index is 5.77. The Labute approximate surface area is 107 Å². The number of aliphatic imine (C=N–C) groups is 1. The smallest absolute Gasteiger partial charge is 0.231 e. The summed E-state index contributed by atoms with van der Waals surface area (Å²) in [4.78, 5) is 4.28. The van der Waals surface area contributed by atoms with E-state index in [9.17, 15) is 0 Å². The van der Waals surface area contributed by atoms with Crippen LogP contribution in [0.25, 0.3) is 0 Å². The first-order valence-electron chi connectivity index (χ1n) is 6.07. The number of nitrogens with two attached hydrogens (primary N) is 1. The standard InChI is InChI=1S/C13H19N3O2/c1-9(2)6-15-13(14)16-7-10-3-4-11-12(5-10)18-8-17-11/h3-5,9H,6-8H2,1-2H3,(H3,14,15,16). The molecule has 1 aromatic rings. The van der Waals surface area contributed by atoms with Gasteiger partial charge in [0, 0.05) is 6.54 Å². The molecule has 3 N–H and O–H groups in total. The molecule has 0 radical (unpaired) electrons. The lowest BCUT2D eigenvalue weighted by Gasteiger charge is -2.07. The first kappa shape index (κ1) is 12.5. The van der Waals surface area contributed by atoms with Gasteiger partial charge >= 0.3 is 0 Å². The van der Waals surface area contributed by atoms with Crippen molar-refractivity contribution in [1.82, 2.24) is 5.32 Å². The molecule has 0 aromatic heterocycles. The third kappa shape index (κ3) is 3.29. The Morgan fingerprint density at radius 1 is 1.39 bits per heavy atom. The van der Waals surface area contributed by atoms with Crippen molar-refractivity contribution in [1.29, 1.82) is 0 Å². The predicted octanol–water partition coefficient (Wildman–Crippen LogP) is 1.48. The summed E-state index contributed by atoms with van der Waals surface area (Å²) >= 11 is 0. The van der Waals surface area contributed by atoms with E-state index < -0.39 is 0 Å². The number of nitrogens with one attached hydrogen (secondary N) is 1. The Bertz CT molecular complexity index is 444. The zero-order valence-corrected chi connectivity index (χ0v) is 10.8. The highest BCUT2D eigenvalue weighted by Crippen LogP contribution is 2.32. The van der Waals surface area contributed by atoms with E-state index >= 15 is 0 Å². The summed E-state index contributed by atoms with van der Waals surface area (Å²) in [5.74, 6) is 2.58. The summed E-state index contributed by atoms with van der Waals surface area (Å²) in [6.07, 6.45) is 0. The minimum Gasteiger partial charge on any atom is -0.454 e. The minimum absolute atomic E-state index is 0.292. The van der Waals surface area contributed by atoms with E-state index in [1.165, 1.54) is 0 Å². The molecule has 0 unspecified atom stereocenters. The molecule has 5 nitrogen and oxygen atoms in total. The highest BCUT2D eigenvalue weighted by Gasteiger charge is 2.12. The van der Waals surface area contributed by atoms with Crippen LogP contribution in [-0.4, -0.2) is 19.3 Å². The molecule has 18 heavy (non-hydrogen) atoms. The number of ether oxygens (including phenoxy) is 2. The normalized spacial score (nSPS) is 14.1. The van der Waals surface area contributed by atoms with E-state index in [2.05, 4.69) is 24.2 Å². The van der Waals surface area contributed by atoms with E-state index in [0.717, 1.165) is 23.6 Å². The number of hydrogen-bond donors (Lipinski definition) is 2. The van der Waals surface area contributed by atoms with Crippen LogP contribution in [0.2, 0.25) is 0 Å². The molecule has 0 fully saturated rings. The maximum Gasteiger partial charge on any atom is 0.231 e. The summed E-state index contributed by atoms with van der Waals surface area (Å²) in [6, 6.07) is 5.79. The Morgan fingerprint density at radius 3 is 2.94 bits per heavy atom. The monoisotopic (exact) mass is 249 g/mol. The number of hydrogen-bond acceptors (Lipinski definition) is 3. The molecule has 1 heterocycles. The summed E-state index contributed by atoms with van der Waals surface area (Å²) in [6.45, 7) is 5.90. The van der Waals surface area contributed by atoms with Crippen molar-refractivity contribution in [2.75, 3.05) is 13.3 Å². The zero-order chi connectivity index (χ0) is 13.0. The predicted molar refractivity (Wildman–Crippen MR) is 70.7 cm³/mol. The number of guanidine groups is 1. The van der Waals surface area contributed by atoms with E-state index in [-0.39, 0.29) is 0 Å². The van der Waals surface area contributed by atoms with Crippen LogP contribution in [0.4, 0.5) is 0 Å². The molecule has 2 rings (SSSR count). The lowest BCUT2D eigenvalue weighted by molar-refractivity contribution is 0.174. The van der Waals surface area contributed by atoms with Gasteiger partial charge in [-0.2, -0.15) is 0 Å². The van der Waals surface area contributed by atoms with Crippen LogP contribution in [0.3, 0.4) is 0 Å². The summed E-state index contributed by atoms with van der Waals surface area (Å²) in [5.41, 5.74) is 6.82.